The van der Waals surface area contributed by atoms with Gasteiger partial charge in [0.25, 0.3) is 0 Å². The maximum Gasteiger partial charge on any atom is -0.00772 e. The quantitative estimate of drug-likeness (QED) is 0.660. The van der Waals surface area contributed by atoms with E-state index in [4.69, 9.17) is 5.73 Å². The standard InChI is InChI=1S/C10H19N/c11-7-3-6-10-8-4-1-2-5-9(8)10/h8-10H,1-7,11H2/t8-,9+,10?. The molecule has 0 aromatic heterocycles. The summed E-state index contributed by atoms with van der Waals surface area (Å²) in [6.07, 6.45) is 8.74. The molecule has 2 rings (SSSR count). The third-order valence-corrected chi connectivity index (χ3v) is 3.58. The number of hydrogen-bond donors (Lipinski definition) is 1. The highest BCUT2D eigenvalue weighted by atomic mass is 14.6. The number of fused-ring (bicyclic) bond motifs is 1. The molecule has 2 aliphatic carbocycles. The molecule has 0 spiro atoms. The van der Waals surface area contributed by atoms with Gasteiger partial charge in [-0.1, -0.05) is 12.8 Å². The lowest BCUT2D eigenvalue weighted by atomic mass is 10.0. The van der Waals surface area contributed by atoms with Crippen LogP contribution in [-0.2, 0) is 0 Å². The molecule has 0 saturated heterocycles. The predicted octanol–water partition coefficient (Wildman–Crippen LogP) is 2.16. The molecule has 2 N–H and O–H groups in total. The third-order valence-electron chi connectivity index (χ3n) is 3.58. The van der Waals surface area contributed by atoms with Gasteiger partial charge >= 0.3 is 0 Å². The van der Waals surface area contributed by atoms with Crippen LogP contribution in [0, 0.1) is 17.8 Å². The monoisotopic (exact) mass is 153 g/mol. The summed E-state index contributed by atoms with van der Waals surface area (Å²) < 4.78 is 0. The van der Waals surface area contributed by atoms with Crippen LogP contribution in [0.2, 0.25) is 0 Å². The molecule has 11 heavy (non-hydrogen) atoms. The molecule has 0 aromatic carbocycles. The predicted molar refractivity (Wildman–Crippen MR) is 47.2 cm³/mol. The second-order valence-corrected chi connectivity index (χ2v) is 4.21. The fraction of sp³-hybridized carbons (Fsp3) is 1.00. The van der Waals surface area contributed by atoms with E-state index < -0.39 is 0 Å². The lowest BCUT2D eigenvalue weighted by molar-refractivity contribution is 0.480. The van der Waals surface area contributed by atoms with Crippen molar-refractivity contribution in [1.29, 1.82) is 0 Å². The molecule has 0 amide bonds. The van der Waals surface area contributed by atoms with Gasteiger partial charge in [-0.2, -0.15) is 0 Å². The average molecular weight is 153 g/mol. The second-order valence-electron chi connectivity index (χ2n) is 4.21. The molecule has 0 radical (unpaired) electrons. The summed E-state index contributed by atoms with van der Waals surface area (Å²) in [4.78, 5) is 0. The topological polar surface area (TPSA) is 26.0 Å². The van der Waals surface area contributed by atoms with Crippen molar-refractivity contribution in [1.82, 2.24) is 0 Å². The smallest absolute Gasteiger partial charge is 0.00772 e. The summed E-state index contributed by atoms with van der Waals surface area (Å²) in [7, 11) is 0. The van der Waals surface area contributed by atoms with Crippen LogP contribution < -0.4 is 5.73 Å². The van der Waals surface area contributed by atoms with Gasteiger partial charge in [-0.05, 0) is 50.0 Å². The molecule has 2 saturated carbocycles. The minimum atomic E-state index is 0.899. The van der Waals surface area contributed by atoms with Gasteiger partial charge in [0, 0.05) is 0 Å². The summed E-state index contributed by atoms with van der Waals surface area (Å²) in [6, 6.07) is 0. The first kappa shape index (κ1) is 7.60. The van der Waals surface area contributed by atoms with E-state index in [9.17, 15) is 0 Å². The molecule has 0 heterocycles. The van der Waals surface area contributed by atoms with Crippen molar-refractivity contribution in [3.8, 4) is 0 Å². The molecule has 2 aliphatic rings. The lowest BCUT2D eigenvalue weighted by Gasteiger charge is -2.05. The van der Waals surface area contributed by atoms with Gasteiger partial charge < -0.3 is 5.73 Å². The number of rotatable bonds is 3. The van der Waals surface area contributed by atoms with E-state index in [0.717, 1.165) is 24.3 Å². The highest BCUT2D eigenvalue weighted by Crippen LogP contribution is 2.57. The van der Waals surface area contributed by atoms with Crippen molar-refractivity contribution >= 4 is 0 Å². The second kappa shape index (κ2) is 3.14. The van der Waals surface area contributed by atoms with Crippen LogP contribution >= 0.6 is 0 Å². The molecule has 0 bridgehead atoms. The molecule has 1 nitrogen and oxygen atoms in total. The molecule has 1 unspecified atom stereocenters. The molecule has 0 aromatic rings. The van der Waals surface area contributed by atoms with Crippen molar-refractivity contribution in [2.75, 3.05) is 6.54 Å². The summed E-state index contributed by atoms with van der Waals surface area (Å²) >= 11 is 0. The third kappa shape index (κ3) is 1.44. The zero-order chi connectivity index (χ0) is 7.68. The Labute approximate surface area is 69.4 Å². The Morgan fingerprint density at radius 3 is 2.27 bits per heavy atom. The van der Waals surface area contributed by atoms with Gasteiger partial charge in [0.1, 0.15) is 0 Å². The van der Waals surface area contributed by atoms with Gasteiger partial charge in [-0.3, -0.25) is 0 Å². The Morgan fingerprint density at radius 2 is 1.73 bits per heavy atom. The molecular weight excluding hydrogens is 134 g/mol. The van der Waals surface area contributed by atoms with E-state index in [2.05, 4.69) is 0 Å². The Balaban J connectivity index is 1.72. The summed E-state index contributed by atoms with van der Waals surface area (Å²) in [5.41, 5.74) is 5.49. The maximum absolute atomic E-state index is 5.49. The fourth-order valence-corrected chi connectivity index (χ4v) is 2.92. The first-order valence-corrected chi connectivity index (χ1v) is 5.13. The van der Waals surface area contributed by atoms with Crippen molar-refractivity contribution in [2.45, 2.75) is 38.5 Å². The Hall–Kier alpha value is -0.0400. The van der Waals surface area contributed by atoms with E-state index in [1.54, 1.807) is 0 Å². The van der Waals surface area contributed by atoms with Crippen LogP contribution in [0.15, 0.2) is 0 Å². The van der Waals surface area contributed by atoms with E-state index in [1.807, 2.05) is 0 Å². The summed E-state index contributed by atoms with van der Waals surface area (Å²) in [6.45, 7) is 0.899. The zero-order valence-corrected chi connectivity index (χ0v) is 7.26. The fourth-order valence-electron chi connectivity index (χ4n) is 2.92. The molecule has 3 atom stereocenters. The first-order valence-electron chi connectivity index (χ1n) is 5.13. The molecule has 0 aliphatic heterocycles. The van der Waals surface area contributed by atoms with Crippen LogP contribution in [0.25, 0.3) is 0 Å². The number of hydrogen-bond acceptors (Lipinski definition) is 1. The normalized spacial score (nSPS) is 41.7. The summed E-state index contributed by atoms with van der Waals surface area (Å²) in [5.74, 6) is 3.37. The Bertz CT molecular complexity index is 121. The van der Waals surface area contributed by atoms with E-state index >= 15 is 0 Å². The zero-order valence-electron chi connectivity index (χ0n) is 7.26. The van der Waals surface area contributed by atoms with Crippen molar-refractivity contribution in [3.63, 3.8) is 0 Å². The Kier molecular flexibility index (Phi) is 2.17. The van der Waals surface area contributed by atoms with Crippen LogP contribution in [0.5, 0.6) is 0 Å². The average Bonchev–Trinajstić information content (AvgIpc) is 2.75. The maximum atomic E-state index is 5.49. The molecule has 1 heteroatoms. The highest BCUT2D eigenvalue weighted by Gasteiger charge is 2.49. The van der Waals surface area contributed by atoms with E-state index in [0.29, 0.717) is 0 Å². The minimum absolute atomic E-state index is 0.899. The first-order chi connectivity index (χ1) is 5.43. The van der Waals surface area contributed by atoms with Gasteiger partial charge in [0.15, 0.2) is 0 Å². The van der Waals surface area contributed by atoms with E-state index in [1.165, 1.54) is 38.5 Å². The SMILES string of the molecule is NCCCC1[C@H]2CCCC[C@@H]12. The molecule has 64 valence electrons. The Morgan fingerprint density at radius 1 is 1.09 bits per heavy atom. The van der Waals surface area contributed by atoms with Crippen molar-refractivity contribution in [3.05, 3.63) is 0 Å². The van der Waals surface area contributed by atoms with Crippen LogP contribution in [0.3, 0.4) is 0 Å². The molecular formula is C10H19N. The van der Waals surface area contributed by atoms with Gasteiger partial charge in [0.05, 0.1) is 0 Å². The van der Waals surface area contributed by atoms with Gasteiger partial charge in [0.2, 0.25) is 0 Å². The van der Waals surface area contributed by atoms with Crippen LogP contribution in [-0.4, -0.2) is 6.54 Å². The van der Waals surface area contributed by atoms with Crippen LogP contribution in [0.1, 0.15) is 38.5 Å². The summed E-state index contributed by atoms with van der Waals surface area (Å²) in [5, 5.41) is 0. The lowest BCUT2D eigenvalue weighted by Crippen LogP contribution is -1.98. The highest BCUT2D eigenvalue weighted by molar-refractivity contribution is 4.98. The minimum Gasteiger partial charge on any atom is -0.330 e. The van der Waals surface area contributed by atoms with Gasteiger partial charge in [-0.25, -0.2) is 0 Å². The van der Waals surface area contributed by atoms with Crippen LogP contribution in [0.4, 0.5) is 0 Å². The van der Waals surface area contributed by atoms with Crippen molar-refractivity contribution < 1.29 is 0 Å². The largest absolute Gasteiger partial charge is 0.330 e. The number of nitrogens with two attached hydrogens (primary N) is 1. The van der Waals surface area contributed by atoms with E-state index in [-0.39, 0.29) is 0 Å². The van der Waals surface area contributed by atoms with Gasteiger partial charge in [-0.15, -0.1) is 0 Å². The van der Waals surface area contributed by atoms with Crippen molar-refractivity contribution in [2.24, 2.45) is 23.5 Å². The molecule has 2 fully saturated rings.